The van der Waals surface area contributed by atoms with Crippen molar-refractivity contribution in [3.8, 4) is 11.3 Å². The van der Waals surface area contributed by atoms with Crippen LogP contribution in [0.2, 0.25) is 0 Å². The predicted molar refractivity (Wildman–Crippen MR) is 56.1 cm³/mol. The van der Waals surface area contributed by atoms with E-state index in [-0.39, 0.29) is 4.90 Å². The van der Waals surface area contributed by atoms with Gasteiger partial charge in [-0.3, -0.25) is 4.18 Å². The fourth-order valence-corrected chi connectivity index (χ4v) is 1.91. The summed E-state index contributed by atoms with van der Waals surface area (Å²) >= 11 is 0. The Balaban J connectivity index is 2.38. The van der Waals surface area contributed by atoms with Crippen molar-refractivity contribution in [3.05, 3.63) is 36.9 Å². The number of oxazole rings is 1. The van der Waals surface area contributed by atoms with Crippen LogP contribution in [0, 0.1) is 0 Å². The molecule has 16 heavy (non-hydrogen) atoms. The highest BCUT2D eigenvalue weighted by Crippen LogP contribution is 2.20. The van der Waals surface area contributed by atoms with E-state index in [1.54, 1.807) is 12.1 Å². The van der Waals surface area contributed by atoms with Crippen LogP contribution in [0.1, 0.15) is 0 Å². The van der Waals surface area contributed by atoms with Gasteiger partial charge in [-0.05, 0) is 12.1 Å². The van der Waals surface area contributed by atoms with Gasteiger partial charge in [-0.15, -0.1) is 0 Å². The van der Waals surface area contributed by atoms with Gasteiger partial charge >= 0.3 is 0 Å². The van der Waals surface area contributed by atoms with E-state index in [0.717, 1.165) is 12.7 Å². The number of rotatable bonds is 3. The van der Waals surface area contributed by atoms with Gasteiger partial charge in [0.05, 0.1) is 12.0 Å². The SMILES string of the molecule is COS(=O)(=O)c1ccc(-c2cocn2)cc1. The van der Waals surface area contributed by atoms with Crippen LogP contribution in [-0.2, 0) is 14.3 Å². The van der Waals surface area contributed by atoms with Gasteiger partial charge in [0.15, 0.2) is 6.39 Å². The summed E-state index contributed by atoms with van der Waals surface area (Å²) in [6.45, 7) is 0. The van der Waals surface area contributed by atoms with Crippen molar-refractivity contribution < 1.29 is 17.0 Å². The summed E-state index contributed by atoms with van der Waals surface area (Å²) < 4.78 is 31.9. The van der Waals surface area contributed by atoms with Crippen LogP contribution < -0.4 is 0 Å². The number of nitrogens with zero attached hydrogens (tertiary/aromatic N) is 1. The normalized spacial score (nSPS) is 11.6. The Hall–Kier alpha value is -1.66. The van der Waals surface area contributed by atoms with E-state index in [1.165, 1.54) is 24.8 Å². The molecule has 0 radical (unpaired) electrons. The van der Waals surface area contributed by atoms with Gasteiger partial charge in [0.2, 0.25) is 0 Å². The molecule has 1 aromatic heterocycles. The maximum atomic E-state index is 11.3. The average Bonchev–Trinajstić information content (AvgIpc) is 2.83. The van der Waals surface area contributed by atoms with E-state index in [2.05, 4.69) is 9.17 Å². The minimum atomic E-state index is -3.63. The molecule has 0 amide bonds. The molecule has 0 N–H and O–H groups in total. The summed E-state index contributed by atoms with van der Waals surface area (Å²) in [6, 6.07) is 6.21. The number of aromatic nitrogens is 1. The van der Waals surface area contributed by atoms with E-state index in [0.29, 0.717) is 5.69 Å². The molecule has 1 heterocycles. The van der Waals surface area contributed by atoms with E-state index in [1.807, 2.05) is 0 Å². The minimum absolute atomic E-state index is 0.113. The van der Waals surface area contributed by atoms with Crippen molar-refractivity contribution in [2.75, 3.05) is 7.11 Å². The van der Waals surface area contributed by atoms with Crippen LogP contribution in [0.25, 0.3) is 11.3 Å². The molecule has 0 atom stereocenters. The molecule has 0 saturated heterocycles. The third kappa shape index (κ3) is 1.98. The number of hydrogen-bond donors (Lipinski definition) is 0. The van der Waals surface area contributed by atoms with Crippen LogP contribution in [0.5, 0.6) is 0 Å². The fourth-order valence-electron chi connectivity index (χ4n) is 1.24. The molecule has 6 heteroatoms. The third-order valence-electron chi connectivity index (χ3n) is 2.09. The first kappa shape index (κ1) is 10.8. The lowest BCUT2D eigenvalue weighted by molar-refractivity contribution is 0.398. The highest BCUT2D eigenvalue weighted by molar-refractivity contribution is 7.86. The maximum absolute atomic E-state index is 11.3. The lowest BCUT2D eigenvalue weighted by Gasteiger charge is -2.01. The van der Waals surface area contributed by atoms with Crippen molar-refractivity contribution in [3.63, 3.8) is 0 Å². The van der Waals surface area contributed by atoms with E-state index in [4.69, 9.17) is 4.42 Å². The monoisotopic (exact) mass is 239 g/mol. The second-order valence-corrected chi connectivity index (χ2v) is 4.73. The van der Waals surface area contributed by atoms with E-state index in [9.17, 15) is 8.42 Å². The van der Waals surface area contributed by atoms with Gasteiger partial charge in [-0.25, -0.2) is 4.98 Å². The van der Waals surface area contributed by atoms with Crippen molar-refractivity contribution >= 4 is 10.1 Å². The Morgan fingerprint density at radius 3 is 2.44 bits per heavy atom. The number of benzene rings is 1. The molecule has 2 aromatic rings. The molecule has 0 aliphatic carbocycles. The zero-order chi connectivity index (χ0) is 11.6. The molecule has 0 bridgehead atoms. The molecule has 1 aromatic carbocycles. The first-order chi connectivity index (χ1) is 7.63. The van der Waals surface area contributed by atoms with Crippen molar-refractivity contribution in [2.45, 2.75) is 4.90 Å². The molecule has 2 rings (SSSR count). The van der Waals surface area contributed by atoms with Crippen molar-refractivity contribution in [1.29, 1.82) is 0 Å². The quantitative estimate of drug-likeness (QED) is 0.762. The second kappa shape index (κ2) is 4.07. The highest BCUT2D eigenvalue weighted by Gasteiger charge is 2.12. The zero-order valence-corrected chi connectivity index (χ0v) is 9.27. The zero-order valence-electron chi connectivity index (χ0n) is 8.45. The fraction of sp³-hybridized carbons (Fsp3) is 0.100. The summed E-state index contributed by atoms with van der Waals surface area (Å²) in [5.74, 6) is 0. The van der Waals surface area contributed by atoms with Gasteiger partial charge in [0.25, 0.3) is 10.1 Å². The van der Waals surface area contributed by atoms with Crippen molar-refractivity contribution in [2.24, 2.45) is 0 Å². The van der Waals surface area contributed by atoms with Gasteiger partial charge in [-0.1, -0.05) is 12.1 Å². The molecule has 0 aliphatic rings. The molecule has 0 aliphatic heterocycles. The van der Waals surface area contributed by atoms with Gasteiger partial charge in [0, 0.05) is 5.56 Å². The topological polar surface area (TPSA) is 69.4 Å². The average molecular weight is 239 g/mol. The van der Waals surface area contributed by atoms with E-state index < -0.39 is 10.1 Å². The molecular weight excluding hydrogens is 230 g/mol. The lowest BCUT2D eigenvalue weighted by Crippen LogP contribution is -2.02. The third-order valence-corrected chi connectivity index (χ3v) is 3.38. The summed E-state index contributed by atoms with van der Waals surface area (Å²) in [7, 11) is -2.50. The van der Waals surface area contributed by atoms with Crippen LogP contribution >= 0.6 is 0 Å². The predicted octanol–water partition coefficient (Wildman–Crippen LogP) is 1.68. The number of hydrogen-bond acceptors (Lipinski definition) is 5. The standard InChI is InChI=1S/C10H9NO4S/c1-14-16(12,13)9-4-2-8(3-5-9)10-6-15-7-11-10/h2-7H,1H3. The molecular formula is C10H9NO4S. The van der Waals surface area contributed by atoms with Gasteiger partial charge in [0.1, 0.15) is 12.0 Å². The first-order valence-corrected chi connectivity index (χ1v) is 5.83. The molecule has 0 fully saturated rings. The largest absolute Gasteiger partial charge is 0.451 e. The lowest BCUT2D eigenvalue weighted by atomic mass is 10.2. The Labute approximate surface area is 92.8 Å². The van der Waals surface area contributed by atoms with Crippen LogP contribution in [-0.4, -0.2) is 20.5 Å². The smallest absolute Gasteiger partial charge is 0.296 e. The highest BCUT2D eigenvalue weighted by atomic mass is 32.2. The van der Waals surface area contributed by atoms with Gasteiger partial charge < -0.3 is 4.42 Å². The minimum Gasteiger partial charge on any atom is -0.451 e. The molecule has 0 saturated carbocycles. The Bertz CT molecular complexity index is 557. The Morgan fingerprint density at radius 1 is 1.25 bits per heavy atom. The molecule has 0 spiro atoms. The Morgan fingerprint density at radius 2 is 1.94 bits per heavy atom. The molecule has 5 nitrogen and oxygen atoms in total. The summed E-state index contributed by atoms with van der Waals surface area (Å²) in [4.78, 5) is 4.06. The summed E-state index contributed by atoms with van der Waals surface area (Å²) in [5.41, 5.74) is 1.44. The van der Waals surface area contributed by atoms with E-state index >= 15 is 0 Å². The maximum Gasteiger partial charge on any atom is 0.296 e. The first-order valence-electron chi connectivity index (χ1n) is 4.43. The van der Waals surface area contributed by atoms with Crippen molar-refractivity contribution in [1.82, 2.24) is 4.98 Å². The Kier molecular flexibility index (Phi) is 2.76. The molecule has 84 valence electrons. The summed E-state index contributed by atoms with van der Waals surface area (Å²) in [6.07, 6.45) is 2.80. The summed E-state index contributed by atoms with van der Waals surface area (Å²) in [5, 5.41) is 0. The van der Waals surface area contributed by atoms with Crippen LogP contribution in [0.4, 0.5) is 0 Å². The second-order valence-electron chi connectivity index (χ2n) is 3.02. The molecule has 0 unspecified atom stereocenters. The van der Waals surface area contributed by atoms with Gasteiger partial charge in [-0.2, -0.15) is 8.42 Å². The van der Waals surface area contributed by atoms with Crippen LogP contribution in [0.15, 0.2) is 46.2 Å². The van der Waals surface area contributed by atoms with Crippen LogP contribution in [0.3, 0.4) is 0 Å².